The Morgan fingerprint density at radius 3 is 2.74 bits per heavy atom. The molecular weight excluding hydrogens is 310 g/mol. The fourth-order valence-electron chi connectivity index (χ4n) is 3.46. The summed E-state index contributed by atoms with van der Waals surface area (Å²) in [6.07, 6.45) is 1.95. The van der Waals surface area contributed by atoms with Gasteiger partial charge >= 0.3 is 0 Å². The van der Waals surface area contributed by atoms with Crippen LogP contribution in [0, 0.1) is 0 Å². The molecule has 1 unspecified atom stereocenters. The van der Waals surface area contributed by atoms with Crippen molar-refractivity contribution in [1.29, 1.82) is 0 Å². The van der Waals surface area contributed by atoms with E-state index in [1.807, 2.05) is 24.3 Å². The number of hydrogen-bond donors (Lipinski definition) is 1. The third kappa shape index (κ3) is 2.53. The fraction of sp³-hybridized carbons (Fsp3) is 0.278. The standard InChI is InChI=1S/C18H18ClN3O/c1-23-16-5-3-11-6-15(7-13(11)8-16)22-10-12-2-4-14(19)9-17(12)21-18(22)20/h2-5,8-9,15H,6-7,10H2,1H3,(H2,20,21). The van der Waals surface area contributed by atoms with Crippen molar-refractivity contribution in [3.63, 3.8) is 0 Å². The van der Waals surface area contributed by atoms with Crippen molar-refractivity contribution in [2.45, 2.75) is 25.4 Å². The van der Waals surface area contributed by atoms with Crippen molar-refractivity contribution >= 4 is 23.2 Å². The highest BCUT2D eigenvalue weighted by Gasteiger charge is 2.30. The Morgan fingerprint density at radius 2 is 1.91 bits per heavy atom. The lowest BCUT2D eigenvalue weighted by Crippen LogP contribution is -2.46. The van der Waals surface area contributed by atoms with E-state index >= 15 is 0 Å². The summed E-state index contributed by atoms with van der Waals surface area (Å²) in [4.78, 5) is 6.74. The maximum absolute atomic E-state index is 6.22. The molecular formula is C18H18ClN3O. The summed E-state index contributed by atoms with van der Waals surface area (Å²) in [5.74, 6) is 1.48. The number of aliphatic imine (C=N–C) groups is 1. The Morgan fingerprint density at radius 1 is 1.13 bits per heavy atom. The lowest BCUT2D eigenvalue weighted by atomic mass is 10.1. The molecule has 23 heavy (non-hydrogen) atoms. The number of nitrogens with zero attached hydrogens (tertiary/aromatic N) is 2. The van der Waals surface area contributed by atoms with E-state index < -0.39 is 0 Å². The largest absolute Gasteiger partial charge is 0.497 e. The molecule has 4 rings (SSSR count). The van der Waals surface area contributed by atoms with Crippen molar-refractivity contribution in [3.05, 3.63) is 58.1 Å². The quantitative estimate of drug-likeness (QED) is 0.921. The Labute approximate surface area is 140 Å². The molecule has 0 saturated heterocycles. The van der Waals surface area contributed by atoms with Gasteiger partial charge in [-0.3, -0.25) is 0 Å². The third-order valence-electron chi connectivity index (χ3n) is 4.68. The average Bonchev–Trinajstić information content (AvgIpc) is 2.96. The molecule has 1 aliphatic heterocycles. The van der Waals surface area contributed by atoms with Gasteiger partial charge in [0, 0.05) is 17.6 Å². The molecule has 118 valence electrons. The molecule has 0 spiro atoms. The van der Waals surface area contributed by atoms with E-state index in [1.54, 1.807) is 7.11 Å². The zero-order valence-corrected chi connectivity index (χ0v) is 13.7. The SMILES string of the molecule is COc1ccc2c(c1)CC(N1Cc3ccc(Cl)cc3N=C1N)C2. The van der Waals surface area contributed by atoms with Crippen LogP contribution in [-0.2, 0) is 19.4 Å². The zero-order chi connectivity index (χ0) is 16.0. The van der Waals surface area contributed by atoms with E-state index in [-0.39, 0.29) is 0 Å². The van der Waals surface area contributed by atoms with Crippen LogP contribution in [0.3, 0.4) is 0 Å². The predicted molar refractivity (Wildman–Crippen MR) is 92.5 cm³/mol. The van der Waals surface area contributed by atoms with E-state index in [4.69, 9.17) is 22.1 Å². The first-order valence-electron chi connectivity index (χ1n) is 7.69. The number of hydrogen-bond acceptors (Lipinski definition) is 4. The molecule has 0 radical (unpaired) electrons. The predicted octanol–water partition coefficient (Wildman–Crippen LogP) is 3.28. The summed E-state index contributed by atoms with van der Waals surface area (Å²) >= 11 is 6.04. The highest BCUT2D eigenvalue weighted by molar-refractivity contribution is 6.30. The van der Waals surface area contributed by atoms with Gasteiger partial charge in [-0.15, -0.1) is 0 Å². The van der Waals surface area contributed by atoms with E-state index in [9.17, 15) is 0 Å². The topological polar surface area (TPSA) is 50.8 Å². The van der Waals surface area contributed by atoms with Gasteiger partial charge in [-0.25, -0.2) is 4.99 Å². The first-order chi connectivity index (χ1) is 11.1. The second-order valence-corrected chi connectivity index (χ2v) is 6.50. The molecule has 0 fully saturated rings. The molecule has 1 heterocycles. The Balaban J connectivity index is 1.60. The Hall–Kier alpha value is -2.20. The highest BCUT2D eigenvalue weighted by Crippen LogP contribution is 2.34. The van der Waals surface area contributed by atoms with E-state index in [2.05, 4.69) is 22.0 Å². The average molecular weight is 328 g/mol. The third-order valence-corrected chi connectivity index (χ3v) is 4.92. The summed E-state index contributed by atoms with van der Waals surface area (Å²) in [6.45, 7) is 0.775. The van der Waals surface area contributed by atoms with Crippen molar-refractivity contribution in [1.82, 2.24) is 4.90 Å². The van der Waals surface area contributed by atoms with Crippen LogP contribution in [-0.4, -0.2) is 24.0 Å². The number of halogens is 1. The van der Waals surface area contributed by atoms with Crippen LogP contribution in [0.2, 0.25) is 5.02 Å². The van der Waals surface area contributed by atoms with Gasteiger partial charge in [-0.05, 0) is 53.8 Å². The monoisotopic (exact) mass is 327 g/mol. The smallest absolute Gasteiger partial charge is 0.197 e. The molecule has 0 amide bonds. The van der Waals surface area contributed by atoms with Gasteiger partial charge in [0.1, 0.15) is 5.75 Å². The number of ether oxygens (including phenoxy) is 1. The van der Waals surface area contributed by atoms with Crippen LogP contribution < -0.4 is 10.5 Å². The van der Waals surface area contributed by atoms with Crippen LogP contribution in [0.4, 0.5) is 5.69 Å². The van der Waals surface area contributed by atoms with Gasteiger partial charge in [0.25, 0.3) is 0 Å². The van der Waals surface area contributed by atoms with Gasteiger partial charge in [-0.2, -0.15) is 0 Å². The van der Waals surface area contributed by atoms with Crippen LogP contribution in [0.25, 0.3) is 0 Å². The van der Waals surface area contributed by atoms with Gasteiger partial charge in [0.15, 0.2) is 5.96 Å². The summed E-state index contributed by atoms with van der Waals surface area (Å²) in [5, 5.41) is 0.689. The van der Waals surface area contributed by atoms with Gasteiger partial charge < -0.3 is 15.4 Å². The second-order valence-electron chi connectivity index (χ2n) is 6.07. The number of methoxy groups -OCH3 is 1. The van der Waals surface area contributed by atoms with Crippen molar-refractivity contribution in [2.24, 2.45) is 10.7 Å². The second kappa shape index (κ2) is 5.46. The lowest BCUT2D eigenvalue weighted by Gasteiger charge is -2.33. The van der Waals surface area contributed by atoms with Gasteiger partial charge in [-0.1, -0.05) is 23.7 Å². The minimum absolute atomic E-state index is 0.338. The Bertz CT molecular complexity index is 803. The van der Waals surface area contributed by atoms with Gasteiger partial charge in [0.05, 0.1) is 12.8 Å². The molecule has 4 nitrogen and oxygen atoms in total. The number of guanidine groups is 1. The maximum Gasteiger partial charge on any atom is 0.197 e. The number of rotatable bonds is 2. The number of nitrogens with two attached hydrogens (primary N) is 1. The minimum Gasteiger partial charge on any atom is -0.497 e. The summed E-state index contributed by atoms with van der Waals surface area (Å²) in [7, 11) is 1.70. The van der Waals surface area contributed by atoms with E-state index in [0.717, 1.165) is 36.4 Å². The molecule has 0 aromatic heterocycles. The molecule has 0 saturated carbocycles. The Kier molecular flexibility index (Phi) is 3.42. The zero-order valence-electron chi connectivity index (χ0n) is 12.9. The van der Waals surface area contributed by atoms with Crippen molar-refractivity contribution in [3.8, 4) is 5.75 Å². The van der Waals surface area contributed by atoms with Crippen molar-refractivity contribution < 1.29 is 4.74 Å². The van der Waals surface area contributed by atoms with E-state index in [0.29, 0.717) is 17.0 Å². The van der Waals surface area contributed by atoms with E-state index in [1.165, 1.54) is 11.1 Å². The normalized spacial score (nSPS) is 19.1. The van der Waals surface area contributed by atoms with Crippen LogP contribution >= 0.6 is 11.6 Å². The summed E-state index contributed by atoms with van der Waals surface area (Å²) in [5.41, 5.74) is 11.0. The molecule has 1 aliphatic carbocycles. The molecule has 2 N–H and O–H groups in total. The highest BCUT2D eigenvalue weighted by atomic mass is 35.5. The lowest BCUT2D eigenvalue weighted by molar-refractivity contribution is 0.305. The number of benzene rings is 2. The number of fused-ring (bicyclic) bond motifs is 2. The molecule has 0 bridgehead atoms. The van der Waals surface area contributed by atoms with Crippen LogP contribution in [0.5, 0.6) is 5.75 Å². The van der Waals surface area contributed by atoms with Crippen LogP contribution in [0.1, 0.15) is 16.7 Å². The first kappa shape index (κ1) is 14.4. The van der Waals surface area contributed by atoms with Gasteiger partial charge in [0.2, 0.25) is 0 Å². The summed E-state index contributed by atoms with van der Waals surface area (Å²) < 4.78 is 5.32. The maximum atomic E-state index is 6.22. The molecule has 1 atom stereocenters. The minimum atomic E-state index is 0.338. The van der Waals surface area contributed by atoms with Crippen molar-refractivity contribution in [2.75, 3.05) is 7.11 Å². The fourth-order valence-corrected chi connectivity index (χ4v) is 3.63. The first-order valence-corrected chi connectivity index (χ1v) is 8.07. The summed E-state index contributed by atoms with van der Waals surface area (Å²) in [6, 6.07) is 12.4. The molecule has 2 aromatic carbocycles. The molecule has 5 heteroatoms. The molecule has 2 aliphatic rings. The molecule has 2 aromatic rings. The van der Waals surface area contributed by atoms with Crippen LogP contribution in [0.15, 0.2) is 41.4 Å².